The van der Waals surface area contributed by atoms with E-state index in [1.165, 1.54) is 16.9 Å². The number of rotatable bonds is 7. The molecule has 1 N–H and O–H groups in total. The predicted octanol–water partition coefficient (Wildman–Crippen LogP) is 5.28. The number of nitrogens with one attached hydrogen (secondary N) is 1. The Labute approximate surface area is 158 Å². The van der Waals surface area contributed by atoms with Crippen LogP contribution in [0.1, 0.15) is 59.1 Å². The number of amides is 1. The highest BCUT2D eigenvalue weighted by molar-refractivity contribution is 7.15. The van der Waals surface area contributed by atoms with Gasteiger partial charge in [0.2, 0.25) is 5.13 Å². The standard InChI is InChI=1S/C21H23N3OS/c1-3-16(4-2)20-23-24-21(26-20)22-19(25)18-13-9-8-12-17(18)14-15-10-6-5-7-11-15/h5-13,16H,3-4,14H2,1-2H3,(H,22,24,25). The van der Waals surface area contributed by atoms with E-state index < -0.39 is 0 Å². The van der Waals surface area contributed by atoms with Crippen molar-refractivity contribution in [2.75, 3.05) is 5.32 Å². The summed E-state index contributed by atoms with van der Waals surface area (Å²) in [6.45, 7) is 4.29. The summed E-state index contributed by atoms with van der Waals surface area (Å²) in [5.41, 5.74) is 2.86. The van der Waals surface area contributed by atoms with E-state index in [-0.39, 0.29) is 5.91 Å². The van der Waals surface area contributed by atoms with Gasteiger partial charge in [-0.15, -0.1) is 10.2 Å². The van der Waals surface area contributed by atoms with Crippen LogP contribution in [0.5, 0.6) is 0 Å². The van der Waals surface area contributed by atoms with Crippen LogP contribution >= 0.6 is 11.3 Å². The second kappa shape index (κ2) is 8.72. The van der Waals surface area contributed by atoms with Gasteiger partial charge in [0, 0.05) is 11.5 Å². The maximum atomic E-state index is 12.8. The van der Waals surface area contributed by atoms with Gasteiger partial charge < -0.3 is 0 Å². The van der Waals surface area contributed by atoms with Crippen LogP contribution in [0.15, 0.2) is 54.6 Å². The lowest BCUT2D eigenvalue weighted by molar-refractivity contribution is 0.102. The molecule has 26 heavy (non-hydrogen) atoms. The minimum Gasteiger partial charge on any atom is -0.296 e. The number of hydrogen-bond donors (Lipinski definition) is 1. The highest BCUT2D eigenvalue weighted by Gasteiger charge is 2.16. The normalized spacial score (nSPS) is 10.9. The molecule has 0 saturated carbocycles. The van der Waals surface area contributed by atoms with Crippen LogP contribution in [0.25, 0.3) is 0 Å². The number of nitrogens with zero attached hydrogens (tertiary/aromatic N) is 2. The van der Waals surface area contributed by atoms with Crippen molar-refractivity contribution in [3.63, 3.8) is 0 Å². The van der Waals surface area contributed by atoms with Gasteiger partial charge in [0.25, 0.3) is 5.91 Å². The molecule has 3 rings (SSSR count). The average molecular weight is 366 g/mol. The van der Waals surface area contributed by atoms with Crippen LogP contribution < -0.4 is 5.32 Å². The first-order valence-electron chi connectivity index (χ1n) is 8.97. The van der Waals surface area contributed by atoms with Crippen molar-refractivity contribution < 1.29 is 4.79 Å². The first-order chi connectivity index (χ1) is 12.7. The van der Waals surface area contributed by atoms with Crippen molar-refractivity contribution in [2.24, 2.45) is 0 Å². The number of hydrogen-bond acceptors (Lipinski definition) is 4. The molecule has 3 aromatic rings. The maximum absolute atomic E-state index is 12.8. The number of benzene rings is 2. The molecule has 0 bridgehead atoms. The molecule has 0 aliphatic heterocycles. The minimum atomic E-state index is -0.135. The lowest BCUT2D eigenvalue weighted by Gasteiger charge is -2.09. The van der Waals surface area contributed by atoms with Crippen molar-refractivity contribution in [3.05, 3.63) is 76.3 Å². The number of carbonyl (C=O) groups is 1. The molecular formula is C21H23N3OS. The lowest BCUT2D eigenvalue weighted by atomic mass is 9.99. The van der Waals surface area contributed by atoms with Crippen LogP contribution in [0.3, 0.4) is 0 Å². The van der Waals surface area contributed by atoms with Gasteiger partial charge in [-0.05, 0) is 36.5 Å². The van der Waals surface area contributed by atoms with Crippen molar-refractivity contribution >= 4 is 22.4 Å². The van der Waals surface area contributed by atoms with Crippen LogP contribution in [0.2, 0.25) is 0 Å². The molecule has 1 aromatic heterocycles. The molecule has 1 amide bonds. The first-order valence-corrected chi connectivity index (χ1v) is 9.79. The van der Waals surface area contributed by atoms with Crippen molar-refractivity contribution in [2.45, 2.75) is 39.0 Å². The van der Waals surface area contributed by atoms with E-state index in [4.69, 9.17) is 0 Å². The van der Waals surface area contributed by atoms with E-state index in [0.29, 0.717) is 16.6 Å². The molecule has 5 heteroatoms. The highest BCUT2D eigenvalue weighted by atomic mass is 32.1. The van der Waals surface area contributed by atoms with Crippen molar-refractivity contribution in [3.8, 4) is 0 Å². The Bertz CT molecular complexity index is 856. The third kappa shape index (κ3) is 4.35. The fourth-order valence-corrected chi connectivity index (χ4v) is 3.97. The SMILES string of the molecule is CCC(CC)c1nnc(NC(=O)c2ccccc2Cc2ccccc2)s1. The molecule has 4 nitrogen and oxygen atoms in total. The van der Waals surface area contributed by atoms with E-state index in [0.717, 1.165) is 29.8 Å². The monoisotopic (exact) mass is 365 g/mol. The molecule has 0 saturated heterocycles. The molecule has 0 radical (unpaired) electrons. The van der Waals surface area contributed by atoms with E-state index in [2.05, 4.69) is 41.5 Å². The van der Waals surface area contributed by atoms with Gasteiger partial charge in [-0.2, -0.15) is 0 Å². The maximum Gasteiger partial charge on any atom is 0.257 e. The molecule has 0 fully saturated rings. The smallest absolute Gasteiger partial charge is 0.257 e. The lowest BCUT2D eigenvalue weighted by Crippen LogP contribution is -2.14. The Morgan fingerprint density at radius 2 is 1.69 bits per heavy atom. The zero-order valence-electron chi connectivity index (χ0n) is 15.1. The minimum absolute atomic E-state index is 0.135. The van der Waals surface area contributed by atoms with Crippen LogP contribution in [-0.4, -0.2) is 16.1 Å². The Morgan fingerprint density at radius 3 is 2.42 bits per heavy atom. The van der Waals surface area contributed by atoms with Gasteiger partial charge in [0.05, 0.1) is 0 Å². The van der Waals surface area contributed by atoms with Gasteiger partial charge in [-0.25, -0.2) is 0 Å². The second-order valence-corrected chi connectivity index (χ2v) is 7.24. The van der Waals surface area contributed by atoms with Crippen molar-refractivity contribution in [1.82, 2.24) is 10.2 Å². The van der Waals surface area contributed by atoms with Crippen LogP contribution in [-0.2, 0) is 6.42 Å². The summed E-state index contributed by atoms with van der Waals surface area (Å²) in [6, 6.07) is 17.9. The van der Waals surface area contributed by atoms with E-state index in [1.54, 1.807) is 0 Å². The Hall–Kier alpha value is -2.53. The van der Waals surface area contributed by atoms with Gasteiger partial charge >= 0.3 is 0 Å². The summed E-state index contributed by atoms with van der Waals surface area (Å²) >= 11 is 1.47. The molecule has 134 valence electrons. The molecule has 0 aliphatic carbocycles. The van der Waals surface area contributed by atoms with E-state index in [9.17, 15) is 4.79 Å². The average Bonchev–Trinajstić information content (AvgIpc) is 3.12. The fourth-order valence-electron chi connectivity index (χ4n) is 2.96. The molecule has 0 unspecified atom stereocenters. The number of carbonyl (C=O) groups excluding carboxylic acids is 1. The zero-order valence-corrected chi connectivity index (χ0v) is 15.9. The number of aromatic nitrogens is 2. The van der Waals surface area contributed by atoms with E-state index >= 15 is 0 Å². The quantitative estimate of drug-likeness (QED) is 0.619. The molecule has 0 aliphatic rings. The third-order valence-electron chi connectivity index (χ3n) is 4.50. The summed E-state index contributed by atoms with van der Waals surface area (Å²) in [5.74, 6) is 0.271. The molecule has 1 heterocycles. The highest BCUT2D eigenvalue weighted by Crippen LogP contribution is 2.28. The second-order valence-electron chi connectivity index (χ2n) is 6.23. The van der Waals surface area contributed by atoms with Crippen molar-refractivity contribution in [1.29, 1.82) is 0 Å². The predicted molar refractivity (Wildman–Crippen MR) is 107 cm³/mol. The van der Waals surface area contributed by atoms with Gasteiger partial charge in [0.1, 0.15) is 5.01 Å². The Morgan fingerprint density at radius 1 is 1.00 bits per heavy atom. The first kappa shape index (κ1) is 18.3. The third-order valence-corrected chi connectivity index (χ3v) is 5.50. The van der Waals surface area contributed by atoms with Gasteiger partial charge in [-0.1, -0.05) is 73.7 Å². The van der Waals surface area contributed by atoms with Crippen LogP contribution in [0.4, 0.5) is 5.13 Å². The zero-order chi connectivity index (χ0) is 18.4. The topological polar surface area (TPSA) is 54.9 Å². The summed E-state index contributed by atoms with van der Waals surface area (Å²) in [5, 5.41) is 12.9. The molecule has 0 spiro atoms. The van der Waals surface area contributed by atoms with Gasteiger partial charge in [-0.3, -0.25) is 10.1 Å². The van der Waals surface area contributed by atoms with Crippen LogP contribution in [0, 0.1) is 0 Å². The molecule has 2 aromatic carbocycles. The Balaban J connectivity index is 1.76. The summed E-state index contributed by atoms with van der Waals surface area (Å²) in [6.07, 6.45) is 2.78. The van der Waals surface area contributed by atoms with Gasteiger partial charge in [0.15, 0.2) is 0 Å². The molecule has 0 atom stereocenters. The summed E-state index contributed by atoms with van der Waals surface area (Å²) < 4.78 is 0. The number of anilines is 1. The fraction of sp³-hybridized carbons (Fsp3) is 0.286. The molecular weight excluding hydrogens is 342 g/mol. The van der Waals surface area contributed by atoms with E-state index in [1.807, 2.05) is 42.5 Å². The largest absolute Gasteiger partial charge is 0.296 e. The summed E-state index contributed by atoms with van der Waals surface area (Å²) in [7, 11) is 0. The summed E-state index contributed by atoms with van der Waals surface area (Å²) in [4.78, 5) is 12.8. The Kier molecular flexibility index (Phi) is 6.12.